The number of amides is 2. The van der Waals surface area contributed by atoms with Crippen molar-refractivity contribution in [2.24, 2.45) is 11.1 Å². The lowest BCUT2D eigenvalue weighted by molar-refractivity contribution is -0.131. The van der Waals surface area contributed by atoms with E-state index in [1.165, 1.54) is 6.92 Å². The van der Waals surface area contributed by atoms with E-state index in [1.54, 1.807) is 24.3 Å². The monoisotopic (exact) mass is 357 g/mol. The second-order valence-corrected chi connectivity index (χ2v) is 5.50. The molecule has 136 valence electrons. The summed E-state index contributed by atoms with van der Waals surface area (Å²) in [5.74, 6) is 0.480. The lowest BCUT2D eigenvalue weighted by atomic mass is 9.81. The van der Waals surface area contributed by atoms with Crippen LogP contribution in [0.2, 0.25) is 0 Å². The number of anilines is 1. The zero-order chi connectivity index (χ0) is 17.3. The highest BCUT2D eigenvalue weighted by molar-refractivity contribution is 5.88. The summed E-state index contributed by atoms with van der Waals surface area (Å²) in [6, 6.07) is 7.13. The first-order chi connectivity index (χ1) is 11.0. The summed E-state index contributed by atoms with van der Waals surface area (Å²) in [5, 5.41) is 5.57. The Hall–Kier alpha value is -1.79. The van der Waals surface area contributed by atoms with Gasteiger partial charge in [-0.2, -0.15) is 0 Å². The summed E-state index contributed by atoms with van der Waals surface area (Å²) in [5.41, 5.74) is 5.94. The predicted molar refractivity (Wildman–Crippen MR) is 98.6 cm³/mol. The van der Waals surface area contributed by atoms with Crippen LogP contribution in [0, 0.1) is 5.41 Å². The molecule has 0 bridgehead atoms. The standard InChI is InChI=1S/C17H27N3O3.ClH/c1-4-17(5-2,12-18)16(22)19-9-10-23-15-8-6-7-14(11-15)20-13(3)21;/h6-8,11H,4-5,9-10,12,18H2,1-3H3,(H,19,22)(H,20,21);1H. The topological polar surface area (TPSA) is 93.5 Å². The number of benzene rings is 1. The minimum atomic E-state index is -0.495. The van der Waals surface area contributed by atoms with Crippen LogP contribution in [-0.4, -0.2) is 31.5 Å². The Morgan fingerprint density at radius 3 is 2.46 bits per heavy atom. The van der Waals surface area contributed by atoms with Crippen molar-refractivity contribution in [3.8, 4) is 5.75 Å². The number of hydrogen-bond donors (Lipinski definition) is 3. The highest BCUT2D eigenvalue weighted by Crippen LogP contribution is 2.24. The van der Waals surface area contributed by atoms with E-state index >= 15 is 0 Å². The van der Waals surface area contributed by atoms with E-state index in [4.69, 9.17) is 10.5 Å². The van der Waals surface area contributed by atoms with Crippen LogP contribution < -0.4 is 21.1 Å². The average molecular weight is 358 g/mol. The highest BCUT2D eigenvalue weighted by atomic mass is 35.5. The number of halogens is 1. The van der Waals surface area contributed by atoms with Gasteiger partial charge in [0.25, 0.3) is 0 Å². The molecule has 24 heavy (non-hydrogen) atoms. The third-order valence-corrected chi connectivity index (χ3v) is 4.04. The summed E-state index contributed by atoms with van der Waals surface area (Å²) in [4.78, 5) is 23.3. The largest absolute Gasteiger partial charge is 0.492 e. The van der Waals surface area contributed by atoms with Crippen molar-refractivity contribution in [3.05, 3.63) is 24.3 Å². The van der Waals surface area contributed by atoms with E-state index in [0.29, 0.717) is 44.0 Å². The molecule has 0 spiro atoms. The quantitative estimate of drug-likeness (QED) is 0.591. The number of nitrogens with one attached hydrogen (secondary N) is 2. The summed E-state index contributed by atoms with van der Waals surface area (Å²) in [6.07, 6.45) is 1.43. The number of carbonyl (C=O) groups excluding carboxylic acids is 2. The van der Waals surface area contributed by atoms with Gasteiger partial charge in [-0.05, 0) is 25.0 Å². The Bertz CT molecular complexity index is 525. The molecule has 1 aromatic carbocycles. The molecule has 0 saturated carbocycles. The molecule has 0 aromatic heterocycles. The predicted octanol–water partition coefficient (Wildman–Crippen LogP) is 2.33. The SMILES string of the molecule is CCC(CC)(CN)C(=O)NCCOc1cccc(NC(C)=O)c1.Cl. The van der Waals surface area contributed by atoms with Gasteiger partial charge in [-0.25, -0.2) is 0 Å². The van der Waals surface area contributed by atoms with E-state index in [1.807, 2.05) is 13.8 Å². The molecule has 0 heterocycles. The lowest BCUT2D eigenvalue weighted by Crippen LogP contribution is -2.46. The van der Waals surface area contributed by atoms with E-state index in [-0.39, 0.29) is 24.2 Å². The minimum Gasteiger partial charge on any atom is -0.492 e. The van der Waals surface area contributed by atoms with E-state index < -0.39 is 5.41 Å². The molecular formula is C17H28ClN3O3. The Balaban J connectivity index is 0.00000529. The van der Waals surface area contributed by atoms with Gasteiger partial charge in [0.15, 0.2) is 0 Å². The number of nitrogens with two attached hydrogens (primary N) is 1. The first-order valence-corrected chi connectivity index (χ1v) is 7.96. The minimum absolute atomic E-state index is 0. The van der Waals surface area contributed by atoms with Gasteiger partial charge in [-0.3, -0.25) is 9.59 Å². The van der Waals surface area contributed by atoms with Crippen LogP contribution in [-0.2, 0) is 9.59 Å². The van der Waals surface area contributed by atoms with Gasteiger partial charge < -0.3 is 21.1 Å². The van der Waals surface area contributed by atoms with Gasteiger partial charge in [-0.1, -0.05) is 19.9 Å². The van der Waals surface area contributed by atoms with Gasteiger partial charge in [0, 0.05) is 25.2 Å². The van der Waals surface area contributed by atoms with Crippen LogP contribution in [0.25, 0.3) is 0 Å². The molecule has 1 rings (SSSR count). The normalized spacial score (nSPS) is 10.5. The Labute approximate surface area is 149 Å². The average Bonchev–Trinajstić information content (AvgIpc) is 2.53. The van der Waals surface area contributed by atoms with Gasteiger partial charge in [-0.15, -0.1) is 12.4 Å². The molecule has 1 aromatic rings. The highest BCUT2D eigenvalue weighted by Gasteiger charge is 2.32. The van der Waals surface area contributed by atoms with E-state index in [9.17, 15) is 9.59 Å². The van der Waals surface area contributed by atoms with Crippen molar-refractivity contribution < 1.29 is 14.3 Å². The van der Waals surface area contributed by atoms with Crippen molar-refractivity contribution >= 4 is 29.9 Å². The second-order valence-electron chi connectivity index (χ2n) is 5.50. The molecule has 6 nitrogen and oxygen atoms in total. The summed E-state index contributed by atoms with van der Waals surface area (Å²) in [6.45, 7) is 6.49. The maximum atomic E-state index is 12.3. The maximum absolute atomic E-state index is 12.3. The van der Waals surface area contributed by atoms with Gasteiger partial charge in [0.05, 0.1) is 12.0 Å². The van der Waals surface area contributed by atoms with Crippen molar-refractivity contribution in [1.29, 1.82) is 0 Å². The van der Waals surface area contributed by atoms with E-state index in [2.05, 4.69) is 10.6 Å². The molecule has 0 fully saturated rings. The maximum Gasteiger partial charge on any atom is 0.227 e. The number of ether oxygens (including phenoxy) is 1. The molecule has 0 unspecified atom stereocenters. The van der Waals surface area contributed by atoms with Crippen LogP contribution in [0.5, 0.6) is 5.75 Å². The van der Waals surface area contributed by atoms with Crippen molar-refractivity contribution in [3.63, 3.8) is 0 Å². The molecule has 0 aliphatic carbocycles. The van der Waals surface area contributed by atoms with Gasteiger partial charge in [0.1, 0.15) is 12.4 Å². The van der Waals surface area contributed by atoms with Crippen molar-refractivity contribution in [1.82, 2.24) is 5.32 Å². The summed E-state index contributed by atoms with van der Waals surface area (Å²) >= 11 is 0. The van der Waals surface area contributed by atoms with Crippen LogP contribution in [0.4, 0.5) is 5.69 Å². The lowest BCUT2D eigenvalue weighted by Gasteiger charge is -2.28. The smallest absolute Gasteiger partial charge is 0.227 e. The van der Waals surface area contributed by atoms with Gasteiger partial charge in [0.2, 0.25) is 11.8 Å². The molecule has 2 amide bonds. The molecule has 0 aliphatic heterocycles. The molecule has 0 aliphatic rings. The van der Waals surface area contributed by atoms with Crippen LogP contribution in [0.1, 0.15) is 33.6 Å². The third kappa shape index (κ3) is 6.37. The van der Waals surface area contributed by atoms with Crippen molar-refractivity contribution in [2.45, 2.75) is 33.6 Å². The number of hydrogen-bond acceptors (Lipinski definition) is 4. The number of carbonyl (C=O) groups is 2. The fourth-order valence-electron chi connectivity index (χ4n) is 2.34. The Morgan fingerprint density at radius 2 is 1.92 bits per heavy atom. The number of rotatable bonds is 9. The van der Waals surface area contributed by atoms with Gasteiger partial charge >= 0.3 is 0 Å². The molecular weight excluding hydrogens is 330 g/mol. The fourth-order valence-corrected chi connectivity index (χ4v) is 2.34. The molecule has 0 saturated heterocycles. The molecule has 0 radical (unpaired) electrons. The molecule has 0 atom stereocenters. The van der Waals surface area contributed by atoms with E-state index in [0.717, 1.165) is 0 Å². The first kappa shape index (κ1) is 22.2. The first-order valence-electron chi connectivity index (χ1n) is 7.96. The van der Waals surface area contributed by atoms with Crippen LogP contribution >= 0.6 is 12.4 Å². The van der Waals surface area contributed by atoms with Crippen molar-refractivity contribution in [2.75, 3.05) is 25.0 Å². The second kappa shape index (κ2) is 10.9. The van der Waals surface area contributed by atoms with Crippen LogP contribution in [0.15, 0.2) is 24.3 Å². The summed E-state index contributed by atoms with van der Waals surface area (Å²) < 4.78 is 5.59. The molecule has 7 heteroatoms. The van der Waals surface area contributed by atoms with Crippen LogP contribution in [0.3, 0.4) is 0 Å². The zero-order valence-electron chi connectivity index (χ0n) is 14.6. The Morgan fingerprint density at radius 1 is 1.25 bits per heavy atom. The Kier molecular flexibility index (Phi) is 10.1. The zero-order valence-corrected chi connectivity index (χ0v) is 15.4. The third-order valence-electron chi connectivity index (χ3n) is 4.04. The molecule has 4 N–H and O–H groups in total. The summed E-state index contributed by atoms with van der Waals surface area (Å²) in [7, 11) is 0. The fraction of sp³-hybridized carbons (Fsp3) is 0.529.